The lowest BCUT2D eigenvalue weighted by Crippen LogP contribution is -2.14. The first-order valence-electron chi connectivity index (χ1n) is 7.90. The number of benzene rings is 2. The molecule has 0 bridgehead atoms. The Balaban J connectivity index is 2.01. The van der Waals surface area contributed by atoms with Crippen LogP contribution in [0.25, 0.3) is 11.0 Å². The van der Waals surface area contributed by atoms with Gasteiger partial charge >= 0.3 is 11.6 Å². The van der Waals surface area contributed by atoms with Crippen molar-refractivity contribution in [3.63, 3.8) is 0 Å². The highest BCUT2D eigenvalue weighted by Crippen LogP contribution is 2.25. The molecule has 0 saturated heterocycles. The van der Waals surface area contributed by atoms with Crippen molar-refractivity contribution in [2.75, 3.05) is 13.7 Å². The predicted octanol–water partition coefficient (Wildman–Crippen LogP) is 2.49. The minimum absolute atomic E-state index is 0.0118. The lowest BCUT2D eigenvalue weighted by atomic mass is 10.2. The Morgan fingerprint density at radius 1 is 1.07 bits per heavy atom. The zero-order valence-corrected chi connectivity index (χ0v) is 15.4. The number of methoxy groups -OCH3 is 1. The van der Waals surface area contributed by atoms with Crippen LogP contribution in [0.2, 0.25) is 0 Å². The van der Waals surface area contributed by atoms with Crippen molar-refractivity contribution < 1.29 is 27.1 Å². The molecule has 0 N–H and O–H groups in total. The molecule has 0 amide bonds. The first-order valence-corrected chi connectivity index (χ1v) is 9.39. The van der Waals surface area contributed by atoms with E-state index in [1.165, 1.54) is 37.4 Å². The fourth-order valence-corrected chi connectivity index (χ4v) is 3.69. The molecule has 0 aliphatic carbocycles. The van der Waals surface area contributed by atoms with Crippen molar-refractivity contribution in [1.82, 2.24) is 0 Å². The van der Waals surface area contributed by atoms with E-state index in [9.17, 15) is 18.0 Å². The molecule has 1 heterocycles. The van der Waals surface area contributed by atoms with Gasteiger partial charge in [-0.2, -0.15) is 0 Å². The molecule has 0 fully saturated rings. The molecule has 2 aromatic carbocycles. The van der Waals surface area contributed by atoms with Crippen molar-refractivity contribution >= 4 is 26.8 Å². The fraction of sp³-hybridized carbons (Fsp3) is 0.158. The highest BCUT2D eigenvalue weighted by Gasteiger charge is 2.23. The van der Waals surface area contributed by atoms with Gasteiger partial charge in [0.15, 0.2) is 11.5 Å². The van der Waals surface area contributed by atoms with E-state index in [2.05, 4.69) is 4.74 Å². The molecule has 3 aromatic rings. The van der Waals surface area contributed by atoms with E-state index in [4.69, 9.17) is 9.15 Å². The molecular weight excluding hydrogens is 372 g/mol. The molecule has 8 heteroatoms. The van der Waals surface area contributed by atoms with E-state index in [1.807, 2.05) is 6.92 Å². The second-order valence-electron chi connectivity index (χ2n) is 5.78. The zero-order chi connectivity index (χ0) is 19.6. The maximum Gasteiger partial charge on any atom is 0.355 e. The molecule has 0 radical (unpaired) electrons. The summed E-state index contributed by atoms with van der Waals surface area (Å²) in [4.78, 5) is 23.0. The number of hydrogen-bond donors (Lipinski definition) is 0. The number of hydrogen-bond acceptors (Lipinski definition) is 7. The lowest BCUT2D eigenvalue weighted by Gasteiger charge is -2.07. The van der Waals surface area contributed by atoms with E-state index in [-0.39, 0.29) is 22.8 Å². The van der Waals surface area contributed by atoms with Gasteiger partial charge in [-0.3, -0.25) is 0 Å². The van der Waals surface area contributed by atoms with Gasteiger partial charge in [-0.05, 0) is 37.3 Å². The molecule has 0 atom stereocenters. The molecule has 140 valence electrons. The number of rotatable bonds is 5. The standard InChI is InChI=1S/C19H16O7S/c1-12-3-7-15(8-4-12)27(22,23)17-9-13-5-6-14(25-11-18(20)24-2)10-16(13)26-19(17)21/h3-10H,11H2,1-2H3. The van der Waals surface area contributed by atoms with Crippen molar-refractivity contribution in [3.05, 3.63) is 64.5 Å². The van der Waals surface area contributed by atoms with E-state index in [1.54, 1.807) is 18.2 Å². The van der Waals surface area contributed by atoms with E-state index < -0.39 is 26.3 Å². The van der Waals surface area contributed by atoms with Gasteiger partial charge in [0, 0.05) is 11.5 Å². The van der Waals surface area contributed by atoms with Gasteiger partial charge in [0.05, 0.1) is 12.0 Å². The molecule has 27 heavy (non-hydrogen) atoms. The summed E-state index contributed by atoms with van der Waals surface area (Å²) in [7, 11) is -2.77. The van der Waals surface area contributed by atoms with Crippen LogP contribution in [-0.2, 0) is 19.4 Å². The molecule has 3 rings (SSSR count). The Bertz CT molecular complexity index is 1160. The van der Waals surface area contributed by atoms with Crippen LogP contribution in [0.15, 0.2) is 67.5 Å². The fourth-order valence-electron chi connectivity index (χ4n) is 2.40. The quantitative estimate of drug-likeness (QED) is 0.489. The number of fused-ring (bicyclic) bond motifs is 1. The first kappa shape index (κ1) is 18.7. The molecule has 0 spiro atoms. The summed E-state index contributed by atoms with van der Waals surface area (Å²) in [6.07, 6.45) is 0. The van der Waals surface area contributed by atoms with Crippen LogP contribution in [0.1, 0.15) is 5.56 Å². The molecule has 0 unspecified atom stereocenters. The maximum absolute atomic E-state index is 12.8. The van der Waals surface area contributed by atoms with Gasteiger partial charge in [-0.1, -0.05) is 17.7 Å². The second kappa shape index (κ2) is 7.24. The average Bonchev–Trinajstić information content (AvgIpc) is 2.65. The van der Waals surface area contributed by atoms with Gasteiger partial charge in [0.25, 0.3) is 0 Å². The third kappa shape index (κ3) is 3.85. The lowest BCUT2D eigenvalue weighted by molar-refractivity contribution is -0.142. The molecule has 0 aliphatic heterocycles. The summed E-state index contributed by atoms with van der Waals surface area (Å²) in [6, 6.07) is 11.9. The van der Waals surface area contributed by atoms with Crippen molar-refractivity contribution in [2.45, 2.75) is 16.7 Å². The van der Waals surface area contributed by atoms with Crippen LogP contribution >= 0.6 is 0 Å². The molecule has 1 aromatic heterocycles. The van der Waals surface area contributed by atoms with E-state index in [0.717, 1.165) is 5.56 Å². The normalized spacial score (nSPS) is 11.3. The largest absolute Gasteiger partial charge is 0.482 e. The first-order chi connectivity index (χ1) is 12.8. The monoisotopic (exact) mass is 388 g/mol. The van der Waals surface area contributed by atoms with E-state index >= 15 is 0 Å². The van der Waals surface area contributed by atoms with Crippen molar-refractivity contribution in [3.8, 4) is 5.75 Å². The highest BCUT2D eigenvalue weighted by molar-refractivity contribution is 7.91. The number of ether oxygens (including phenoxy) is 2. The number of carbonyl (C=O) groups is 1. The number of aryl methyl sites for hydroxylation is 1. The van der Waals surface area contributed by atoms with Gasteiger partial charge < -0.3 is 13.9 Å². The Hall–Kier alpha value is -3.13. The Kier molecular flexibility index (Phi) is 5.00. The topological polar surface area (TPSA) is 99.9 Å². The molecular formula is C19H16O7S. The van der Waals surface area contributed by atoms with Crippen LogP contribution < -0.4 is 10.4 Å². The zero-order valence-electron chi connectivity index (χ0n) is 14.6. The Labute approximate surface area is 155 Å². The number of esters is 1. The van der Waals surface area contributed by atoms with Crippen LogP contribution in [0, 0.1) is 6.92 Å². The number of carbonyl (C=O) groups excluding carboxylic acids is 1. The maximum atomic E-state index is 12.8. The van der Waals surface area contributed by atoms with Crippen LogP contribution in [0.5, 0.6) is 5.75 Å². The summed E-state index contributed by atoms with van der Waals surface area (Å²) in [5, 5.41) is 0.408. The highest BCUT2D eigenvalue weighted by atomic mass is 32.2. The smallest absolute Gasteiger partial charge is 0.355 e. The second-order valence-corrected chi connectivity index (χ2v) is 7.70. The summed E-state index contributed by atoms with van der Waals surface area (Å²) in [6.45, 7) is 1.53. The van der Waals surface area contributed by atoms with Gasteiger partial charge in [-0.25, -0.2) is 18.0 Å². The third-order valence-corrected chi connectivity index (χ3v) is 5.64. The Morgan fingerprint density at radius 3 is 2.44 bits per heavy atom. The van der Waals surface area contributed by atoms with Gasteiger partial charge in [-0.15, -0.1) is 0 Å². The average molecular weight is 388 g/mol. The van der Waals surface area contributed by atoms with Crippen LogP contribution in [0.3, 0.4) is 0 Å². The minimum atomic E-state index is -4.01. The molecule has 7 nitrogen and oxygen atoms in total. The van der Waals surface area contributed by atoms with Crippen LogP contribution in [0.4, 0.5) is 0 Å². The van der Waals surface area contributed by atoms with Crippen molar-refractivity contribution in [2.24, 2.45) is 0 Å². The summed E-state index contributed by atoms with van der Waals surface area (Å²) < 4.78 is 40.4. The number of sulfone groups is 1. The van der Waals surface area contributed by atoms with Gasteiger partial charge in [0.2, 0.25) is 9.84 Å². The predicted molar refractivity (Wildman–Crippen MR) is 96.6 cm³/mol. The SMILES string of the molecule is COC(=O)COc1ccc2cc(S(=O)(=O)c3ccc(C)cc3)c(=O)oc2c1. The van der Waals surface area contributed by atoms with Gasteiger partial charge in [0.1, 0.15) is 11.3 Å². The summed E-state index contributed by atoms with van der Waals surface area (Å²) in [5.41, 5.74) is 0.0670. The van der Waals surface area contributed by atoms with Crippen LogP contribution in [-0.4, -0.2) is 28.1 Å². The minimum Gasteiger partial charge on any atom is -0.482 e. The third-order valence-electron chi connectivity index (χ3n) is 3.88. The summed E-state index contributed by atoms with van der Waals surface area (Å²) >= 11 is 0. The summed E-state index contributed by atoms with van der Waals surface area (Å²) in [5.74, 6) is -0.277. The van der Waals surface area contributed by atoms with Crippen molar-refractivity contribution in [1.29, 1.82) is 0 Å². The van der Waals surface area contributed by atoms with E-state index in [0.29, 0.717) is 5.39 Å². The molecule has 0 saturated carbocycles. The Morgan fingerprint density at radius 2 is 1.78 bits per heavy atom. The molecule has 0 aliphatic rings.